The molecule has 1 aromatic carbocycles. The van der Waals surface area contributed by atoms with Crippen LogP contribution in [0, 0.1) is 0 Å². The fourth-order valence-electron chi connectivity index (χ4n) is 1.78. The number of nitrogens with zero attached hydrogens (tertiary/aromatic N) is 1. The number of rotatable bonds is 6. The van der Waals surface area contributed by atoms with Crippen molar-refractivity contribution in [1.29, 1.82) is 0 Å². The van der Waals surface area contributed by atoms with E-state index in [0.717, 1.165) is 17.7 Å². The molecule has 2 aromatic rings. The lowest BCUT2D eigenvalue weighted by Crippen LogP contribution is -2.20. The third-order valence-corrected chi connectivity index (χ3v) is 3.82. The number of hydrogen-bond acceptors (Lipinski definition) is 5. The topological polar surface area (TPSA) is 68.3 Å². The normalized spacial score (nSPS) is 10.3. The average molecular weight is 318 g/mol. The second-order valence-corrected chi connectivity index (χ2v) is 5.51. The number of aromatic nitrogens is 1. The van der Waals surface area contributed by atoms with Gasteiger partial charge in [-0.05, 0) is 12.0 Å². The lowest BCUT2D eigenvalue weighted by atomic mass is 10.1. The molecule has 0 aliphatic rings. The van der Waals surface area contributed by atoms with Crippen molar-refractivity contribution in [3.8, 4) is 11.3 Å². The van der Waals surface area contributed by atoms with Crippen molar-refractivity contribution in [2.45, 2.75) is 26.7 Å². The Labute approximate surface area is 133 Å². The van der Waals surface area contributed by atoms with Gasteiger partial charge >= 0.3 is 5.97 Å². The third kappa shape index (κ3) is 4.39. The van der Waals surface area contributed by atoms with Crippen molar-refractivity contribution >= 4 is 28.3 Å². The van der Waals surface area contributed by atoms with Crippen molar-refractivity contribution in [3.63, 3.8) is 0 Å². The number of hydrogen-bond donors (Lipinski definition) is 1. The summed E-state index contributed by atoms with van der Waals surface area (Å²) in [5, 5.41) is 5.00. The van der Waals surface area contributed by atoms with E-state index in [1.54, 1.807) is 6.92 Å². The summed E-state index contributed by atoms with van der Waals surface area (Å²) in [5.41, 5.74) is 3.09. The number of ether oxygens (including phenoxy) is 1. The molecule has 1 N–H and O–H groups in total. The van der Waals surface area contributed by atoms with E-state index in [-0.39, 0.29) is 18.9 Å². The van der Waals surface area contributed by atoms with Crippen molar-refractivity contribution < 1.29 is 14.3 Å². The van der Waals surface area contributed by atoms with Crippen LogP contribution in [0.5, 0.6) is 0 Å². The Morgan fingerprint density at radius 1 is 1.23 bits per heavy atom. The summed E-state index contributed by atoms with van der Waals surface area (Å²) < 4.78 is 4.77. The highest BCUT2D eigenvalue weighted by Gasteiger charge is 2.10. The Balaban J connectivity index is 1.95. The predicted octanol–water partition coefficient (Wildman–Crippen LogP) is 3.26. The van der Waals surface area contributed by atoms with Crippen LogP contribution in [0.3, 0.4) is 0 Å². The maximum atomic E-state index is 11.6. The molecule has 1 heterocycles. The number of anilines is 1. The van der Waals surface area contributed by atoms with E-state index in [4.69, 9.17) is 4.74 Å². The summed E-state index contributed by atoms with van der Waals surface area (Å²) >= 11 is 1.34. The van der Waals surface area contributed by atoms with E-state index < -0.39 is 5.97 Å². The molecule has 0 saturated carbocycles. The van der Waals surface area contributed by atoms with Gasteiger partial charge in [0.25, 0.3) is 5.91 Å². The molecule has 0 spiro atoms. The van der Waals surface area contributed by atoms with Gasteiger partial charge in [-0.1, -0.05) is 38.1 Å². The smallest absolute Gasteiger partial charge is 0.306 e. The molecule has 0 radical (unpaired) electrons. The predicted molar refractivity (Wildman–Crippen MR) is 86.8 cm³/mol. The molecule has 6 heteroatoms. The van der Waals surface area contributed by atoms with E-state index in [0.29, 0.717) is 5.13 Å². The van der Waals surface area contributed by atoms with Crippen molar-refractivity contribution in [1.82, 2.24) is 4.98 Å². The van der Waals surface area contributed by atoms with Gasteiger partial charge in [0.2, 0.25) is 0 Å². The van der Waals surface area contributed by atoms with Crippen molar-refractivity contribution in [2.75, 3.05) is 11.9 Å². The van der Waals surface area contributed by atoms with E-state index in [9.17, 15) is 9.59 Å². The van der Waals surface area contributed by atoms with Gasteiger partial charge in [-0.25, -0.2) is 4.98 Å². The second-order valence-electron chi connectivity index (χ2n) is 4.65. The van der Waals surface area contributed by atoms with Gasteiger partial charge in [0.05, 0.1) is 5.69 Å². The van der Waals surface area contributed by atoms with E-state index in [1.807, 2.05) is 17.5 Å². The first-order valence-corrected chi connectivity index (χ1v) is 8.00. The molecule has 1 aromatic heterocycles. The maximum Gasteiger partial charge on any atom is 0.306 e. The largest absolute Gasteiger partial charge is 0.456 e. The molecule has 0 atom stereocenters. The summed E-state index contributed by atoms with van der Waals surface area (Å²) in [4.78, 5) is 27.0. The molecule has 22 heavy (non-hydrogen) atoms. The highest BCUT2D eigenvalue weighted by molar-refractivity contribution is 7.14. The van der Waals surface area contributed by atoms with Crippen molar-refractivity contribution in [3.05, 3.63) is 35.2 Å². The molecule has 0 saturated heterocycles. The van der Waals surface area contributed by atoms with E-state index in [1.165, 1.54) is 16.9 Å². The summed E-state index contributed by atoms with van der Waals surface area (Å²) in [7, 11) is 0. The molecule has 5 nitrogen and oxygen atoms in total. The molecule has 0 unspecified atom stereocenters. The van der Waals surface area contributed by atoms with Crippen LogP contribution in [0.15, 0.2) is 29.6 Å². The number of carbonyl (C=O) groups excluding carboxylic acids is 2. The quantitative estimate of drug-likeness (QED) is 0.830. The van der Waals surface area contributed by atoms with Gasteiger partial charge in [-0.2, -0.15) is 0 Å². The second kappa shape index (κ2) is 7.70. The molecule has 0 fully saturated rings. The Bertz CT molecular complexity index is 650. The molecule has 0 aliphatic carbocycles. The number of esters is 1. The zero-order chi connectivity index (χ0) is 15.9. The molecule has 1 amide bonds. The van der Waals surface area contributed by atoms with Crippen LogP contribution >= 0.6 is 11.3 Å². The monoisotopic (exact) mass is 318 g/mol. The van der Waals surface area contributed by atoms with Gasteiger partial charge in [0, 0.05) is 17.4 Å². The van der Waals surface area contributed by atoms with Gasteiger partial charge in [-0.3, -0.25) is 14.9 Å². The maximum absolute atomic E-state index is 11.6. The van der Waals surface area contributed by atoms with Crippen LogP contribution in [0.1, 0.15) is 25.8 Å². The highest BCUT2D eigenvalue weighted by Crippen LogP contribution is 2.25. The van der Waals surface area contributed by atoms with Gasteiger partial charge in [-0.15, -0.1) is 11.3 Å². The fraction of sp³-hybridized carbons (Fsp3) is 0.312. The Kier molecular flexibility index (Phi) is 5.66. The first kappa shape index (κ1) is 16.2. The van der Waals surface area contributed by atoms with Crippen LogP contribution in [0.4, 0.5) is 5.13 Å². The Morgan fingerprint density at radius 2 is 1.95 bits per heavy atom. The lowest BCUT2D eigenvalue weighted by Gasteiger charge is -2.03. The molecular weight excluding hydrogens is 300 g/mol. The van der Waals surface area contributed by atoms with Crippen molar-refractivity contribution in [2.24, 2.45) is 0 Å². The molecule has 2 rings (SSSR count). The highest BCUT2D eigenvalue weighted by atomic mass is 32.1. The number of carbonyl (C=O) groups is 2. The first-order chi connectivity index (χ1) is 10.6. The Hall–Kier alpha value is -2.21. The molecular formula is C16H18N2O3S. The summed E-state index contributed by atoms with van der Waals surface area (Å²) in [6.07, 6.45) is 1.25. The number of amides is 1. The van der Waals surface area contributed by atoms with Crippen LogP contribution in [0.25, 0.3) is 11.3 Å². The van der Waals surface area contributed by atoms with Gasteiger partial charge in [0.1, 0.15) is 0 Å². The summed E-state index contributed by atoms with van der Waals surface area (Å²) in [5.74, 6) is -0.782. The number of aryl methyl sites for hydroxylation is 1. The van der Waals surface area contributed by atoms with E-state index in [2.05, 4.69) is 29.4 Å². The van der Waals surface area contributed by atoms with Gasteiger partial charge in [0.15, 0.2) is 11.7 Å². The van der Waals surface area contributed by atoms with Crippen LogP contribution in [-0.2, 0) is 20.7 Å². The minimum atomic E-state index is -0.397. The lowest BCUT2D eigenvalue weighted by molar-refractivity contribution is -0.146. The van der Waals surface area contributed by atoms with Crippen LogP contribution in [0.2, 0.25) is 0 Å². The zero-order valence-corrected chi connectivity index (χ0v) is 13.4. The number of thiazole rings is 1. The first-order valence-electron chi connectivity index (χ1n) is 7.12. The molecule has 116 valence electrons. The molecule has 0 bridgehead atoms. The summed E-state index contributed by atoms with van der Waals surface area (Å²) in [6, 6.07) is 8.17. The molecule has 0 aliphatic heterocycles. The Morgan fingerprint density at radius 3 is 2.59 bits per heavy atom. The number of nitrogens with one attached hydrogen (secondary N) is 1. The third-order valence-electron chi connectivity index (χ3n) is 3.06. The fourth-order valence-corrected chi connectivity index (χ4v) is 2.51. The number of benzene rings is 1. The van der Waals surface area contributed by atoms with Gasteiger partial charge < -0.3 is 4.74 Å². The van der Waals surface area contributed by atoms with E-state index >= 15 is 0 Å². The SMILES string of the molecule is CCC(=O)OCC(=O)Nc1nc(-c2ccc(CC)cc2)cs1. The van der Waals surface area contributed by atoms with Crippen LogP contribution < -0.4 is 5.32 Å². The average Bonchev–Trinajstić information content (AvgIpc) is 3.01. The summed E-state index contributed by atoms with van der Waals surface area (Å²) in [6.45, 7) is 3.50. The zero-order valence-electron chi connectivity index (χ0n) is 12.6. The minimum absolute atomic E-state index is 0.252. The minimum Gasteiger partial charge on any atom is -0.456 e. The standard InChI is InChI=1S/C16H18N2O3S/c1-3-11-5-7-12(8-6-11)13-10-22-16(17-13)18-14(19)9-21-15(20)4-2/h5-8,10H,3-4,9H2,1-2H3,(H,17,18,19). The van der Waals surface area contributed by atoms with Crippen LogP contribution in [-0.4, -0.2) is 23.5 Å².